The first-order valence-corrected chi connectivity index (χ1v) is 7.58. The highest BCUT2D eigenvalue weighted by Gasteiger charge is 2.24. The van der Waals surface area contributed by atoms with Crippen LogP contribution in [0.2, 0.25) is 0 Å². The molecule has 0 unspecified atom stereocenters. The zero-order valence-electron chi connectivity index (χ0n) is 11.9. The number of carboxylic acid groups (broad SMARTS) is 1. The Balaban J connectivity index is 2.77. The van der Waals surface area contributed by atoms with Gasteiger partial charge < -0.3 is 5.11 Å². The zero-order chi connectivity index (χ0) is 15.3. The lowest BCUT2D eigenvalue weighted by atomic mass is 10.1. The molecule has 0 aliphatic carbocycles. The summed E-state index contributed by atoms with van der Waals surface area (Å²) in [7, 11) is -0.780. The minimum atomic E-state index is -3.65. The Bertz CT molecular complexity index is 571. The predicted octanol–water partition coefficient (Wildman–Crippen LogP) is 1.08. The van der Waals surface area contributed by atoms with Crippen molar-refractivity contribution >= 4 is 16.2 Å². The van der Waals surface area contributed by atoms with E-state index >= 15 is 0 Å². The van der Waals surface area contributed by atoms with Crippen molar-refractivity contribution in [3.05, 3.63) is 35.4 Å². The molecule has 0 radical (unpaired) electrons. The zero-order valence-corrected chi connectivity index (χ0v) is 12.7. The second-order valence-electron chi connectivity index (χ2n) is 4.66. The summed E-state index contributed by atoms with van der Waals surface area (Å²) in [5.41, 5.74) is 1.94. The molecule has 0 heterocycles. The second kappa shape index (κ2) is 6.83. The van der Waals surface area contributed by atoms with Crippen molar-refractivity contribution in [2.24, 2.45) is 0 Å². The van der Waals surface area contributed by atoms with Gasteiger partial charge in [0, 0.05) is 27.2 Å². The topological polar surface area (TPSA) is 77.9 Å². The molecule has 0 bridgehead atoms. The molecule has 0 saturated heterocycles. The molecule has 1 N–H and O–H groups in total. The van der Waals surface area contributed by atoms with E-state index in [-0.39, 0.29) is 19.5 Å². The van der Waals surface area contributed by atoms with Gasteiger partial charge in [-0.15, -0.1) is 0 Å². The van der Waals surface area contributed by atoms with Crippen LogP contribution in [0.5, 0.6) is 0 Å². The van der Waals surface area contributed by atoms with Crippen molar-refractivity contribution < 1.29 is 18.3 Å². The maximum Gasteiger partial charge on any atom is 0.304 e. The summed E-state index contributed by atoms with van der Waals surface area (Å²) >= 11 is 0. The van der Waals surface area contributed by atoms with Gasteiger partial charge in [0.05, 0.1) is 6.42 Å². The SMILES string of the molecule is Cc1ccccc1CN(C)S(=O)(=O)N(C)CCC(=O)O. The highest BCUT2D eigenvalue weighted by atomic mass is 32.2. The Kier molecular flexibility index (Phi) is 5.67. The lowest BCUT2D eigenvalue weighted by molar-refractivity contribution is -0.137. The fraction of sp³-hybridized carbons (Fsp3) is 0.462. The van der Waals surface area contributed by atoms with Crippen LogP contribution in [0.1, 0.15) is 17.5 Å². The van der Waals surface area contributed by atoms with Crippen LogP contribution in [0.3, 0.4) is 0 Å². The fourth-order valence-corrected chi connectivity index (χ4v) is 2.82. The van der Waals surface area contributed by atoms with E-state index in [1.165, 1.54) is 18.4 Å². The monoisotopic (exact) mass is 300 g/mol. The Labute approximate surface area is 119 Å². The van der Waals surface area contributed by atoms with Crippen molar-refractivity contribution in [2.45, 2.75) is 19.9 Å². The van der Waals surface area contributed by atoms with Gasteiger partial charge in [-0.05, 0) is 18.1 Å². The van der Waals surface area contributed by atoms with Crippen LogP contribution in [-0.2, 0) is 21.5 Å². The maximum absolute atomic E-state index is 12.2. The molecular weight excluding hydrogens is 280 g/mol. The molecule has 1 rings (SSSR count). The van der Waals surface area contributed by atoms with Gasteiger partial charge in [-0.3, -0.25) is 4.79 Å². The molecule has 0 saturated carbocycles. The number of aliphatic carboxylic acids is 1. The normalized spacial score (nSPS) is 12.1. The van der Waals surface area contributed by atoms with E-state index in [0.29, 0.717) is 0 Å². The van der Waals surface area contributed by atoms with E-state index < -0.39 is 16.2 Å². The molecule has 0 aromatic heterocycles. The summed E-state index contributed by atoms with van der Waals surface area (Å²) in [6.07, 6.45) is -0.214. The smallest absolute Gasteiger partial charge is 0.304 e. The van der Waals surface area contributed by atoms with E-state index in [2.05, 4.69) is 0 Å². The Morgan fingerprint density at radius 1 is 1.20 bits per heavy atom. The van der Waals surface area contributed by atoms with Crippen LogP contribution in [0, 0.1) is 6.92 Å². The van der Waals surface area contributed by atoms with Crippen LogP contribution in [0.15, 0.2) is 24.3 Å². The van der Waals surface area contributed by atoms with Crippen LogP contribution >= 0.6 is 0 Å². The second-order valence-corrected chi connectivity index (χ2v) is 6.80. The average Bonchev–Trinajstić information content (AvgIpc) is 2.38. The highest BCUT2D eigenvalue weighted by Crippen LogP contribution is 2.13. The molecule has 1 aromatic carbocycles. The Morgan fingerprint density at radius 2 is 1.80 bits per heavy atom. The largest absolute Gasteiger partial charge is 0.481 e. The van der Waals surface area contributed by atoms with E-state index in [4.69, 9.17) is 5.11 Å². The van der Waals surface area contributed by atoms with Gasteiger partial charge in [-0.1, -0.05) is 24.3 Å². The summed E-state index contributed by atoms with van der Waals surface area (Å²) in [6, 6.07) is 7.55. The summed E-state index contributed by atoms with van der Waals surface area (Å²) < 4.78 is 26.7. The standard InChI is InChI=1S/C13H20N2O4S/c1-11-6-4-5-7-12(11)10-15(3)20(18,19)14(2)9-8-13(16)17/h4-7H,8-10H2,1-3H3,(H,16,17). The van der Waals surface area contributed by atoms with Crippen LogP contribution in [0.4, 0.5) is 0 Å². The lowest BCUT2D eigenvalue weighted by Gasteiger charge is -2.24. The summed E-state index contributed by atoms with van der Waals surface area (Å²) in [6.45, 7) is 2.13. The maximum atomic E-state index is 12.2. The third-order valence-corrected chi connectivity index (χ3v) is 4.97. The highest BCUT2D eigenvalue weighted by molar-refractivity contribution is 7.86. The van der Waals surface area contributed by atoms with Gasteiger partial charge in [0.15, 0.2) is 0 Å². The molecule has 0 aliphatic heterocycles. The van der Waals surface area contributed by atoms with E-state index in [1.807, 2.05) is 31.2 Å². The number of nitrogens with zero attached hydrogens (tertiary/aromatic N) is 2. The third-order valence-electron chi connectivity index (χ3n) is 3.08. The lowest BCUT2D eigenvalue weighted by Crippen LogP contribution is -2.40. The molecule has 0 fully saturated rings. The van der Waals surface area contributed by atoms with Gasteiger partial charge in [-0.2, -0.15) is 17.0 Å². The molecule has 112 valence electrons. The van der Waals surface area contributed by atoms with Crippen molar-refractivity contribution in [3.8, 4) is 0 Å². The van der Waals surface area contributed by atoms with Gasteiger partial charge in [-0.25, -0.2) is 0 Å². The van der Waals surface area contributed by atoms with Gasteiger partial charge in [0.2, 0.25) is 0 Å². The molecule has 0 amide bonds. The molecule has 0 spiro atoms. The van der Waals surface area contributed by atoms with Crippen LogP contribution in [0.25, 0.3) is 0 Å². The van der Waals surface area contributed by atoms with Crippen molar-refractivity contribution in [2.75, 3.05) is 20.6 Å². The van der Waals surface area contributed by atoms with E-state index in [1.54, 1.807) is 0 Å². The molecule has 6 nitrogen and oxygen atoms in total. The number of carbonyl (C=O) groups is 1. The molecular formula is C13H20N2O4S. The number of rotatable bonds is 7. The number of aryl methyl sites for hydroxylation is 1. The van der Waals surface area contributed by atoms with Crippen LogP contribution < -0.4 is 0 Å². The Hall–Kier alpha value is -1.44. The number of hydrogen-bond acceptors (Lipinski definition) is 3. The summed E-state index contributed by atoms with van der Waals surface area (Å²) in [4.78, 5) is 10.5. The quantitative estimate of drug-likeness (QED) is 0.817. The first-order chi connectivity index (χ1) is 9.25. The van der Waals surface area contributed by atoms with Gasteiger partial charge in [0.1, 0.15) is 0 Å². The Morgan fingerprint density at radius 3 is 2.35 bits per heavy atom. The first-order valence-electron chi connectivity index (χ1n) is 6.19. The molecule has 20 heavy (non-hydrogen) atoms. The van der Waals surface area contributed by atoms with Gasteiger partial charge in [0.25, 0.3) is 10.2 Å². The van der Waals surface area contributed by atoms with Crippen molar-refractivity contribution in [1.29, 1.82) is 0 Å². The van der Waals surface area contributed by atoms with E-state index in [0.717, 1.165) is 15.4 Å². The fourth-order valence-electron chi connectivity index (χ4n) is 1.72. The molecule has 7 heteroatoms. The summed E-state index contributed by atoms with van der Waals surface area (Å²) in [5, 5.41) is 8.60. The van der Waals surface area contributed by atoms with Crippen molar-refractivity contribution in [1.82, 2.24) is 8.61 Å². The van der Waals surface area contributed by atoms with Gasteiger partial charge >= 0.3 is 5.97 Å². The first kappa shape index (κ1) is 16.6. The number of carboxylic acids is 1. The predicted molar refractivity (Wildman–Crippen MR) is 76.4 cm³/mol. The minimum absolute atomic E-state index is 0.0459. The minimum Gasteiger partial charge on any atom is -0.481 e. The molecule has 0 atom stereocenters. The summed E-state index contributed by atoms with van der Waals surface area (Å²) in [5.74, 6) is -1.02. The average molecular weight is 300 g/mol. The number of hydrogen-bond donors (Lipinski definition) is 1. The molecule has 1 aromatic rings. The number of benzene rings is 1. The third kappa shape index (κ3) is 4.29. The molecule has 0 aliphatic rings. The van der Waals surface area contributed by atoms with E-state index in [9.17, 15) is 13.2 Å². The van der Waals surface area contributed by atoms with Crippen LogP contribution in [-0.4, -0.2) is 48.7 Å². The van der Waals surface area contributed by atoms with Crippen molar-refractivity contribution in [3.63, 3.8) is 0 Å².